The van der Waals surface area contributed by atoms with Crippen LogP contribution in [-0.2, 0) is 0 Å². The molecule has 0 aliphatic rings. The maximum absolute atomic E-state index is 8.29. The van der Waals surface area contributed by atoms with Gasteiger partial charge in [0.1, 0.15) is 0 Å². The lowest BCUT2D eigenvalue weighted by Crippen LogP contribution is -2.17. The molecular formula is C3H15NOS5. The van der Waals surface area contributed by atoms with Crippen LogP contribution in [0.5, 0.6) is 0 Å². The zero-order valence-electron chi connectivity index (χ0n) is 5.80. The Balaban J connectivity index is -0.0000000208. The molecule has 0 aliphatic heterocycles. The van der Waals surface area contributed by atoms with Crippen LogP contribution < -0.4 is 0 Å². The average Bonchev–Trinajstić information content (AvgIpc) is 1.36. The van der Waals surface area contributed by atoms with Crippen LogP contribution in [0.4, 0.5) is 0 Å². The van der Waals surface area contributed by atoms with Crippen molar-refractivity contribution in [1.29, 1.82) is 0 Å². The molecule has 0 heterocycles. The van der Waals surface area contributed by atoms with Crippen molar-refractivity contribution in [3.8, 4) is 0 Å². The van der Waals surface area contributed by atoms with E-state index in [1.165, 1.54) is 4.90 Å². The van der Waals surface area contributed by atoms with E-state index in [-0.39, 0.29) is 59.2 Å². The van der Waals surface area contributed by atoms with Gasteiger partial charge >= 0.3 is 0 Å². The summed E-state index contributed by atoms with van der Waals surface area (Å²) in [5.41, 5.74) is 0. The minimum Gasteiger partial charge on any atom is -0.487 e. The van der Waals surface area contributed by atoms with Gasteiger partial charge in [0.2, 0.25) is 0 Å². The van der Waals surface area contributed by atoms with Crippen molar-refractivity contribution in [3.05, 3.63) is 0 Å². The molecule has 0 bridgehead atoms. The van der Waals surface area contributed by atoms with E-state index in [1.807, 2.05) is 0 Å². The first-order chi connectivity index (χ1) is 2.64. The summed E-state index contributed by atoms with van der Waals surface area (Å²) in [4.78, 5) is 1.45. The quantitative estimate of drug-likeness (QED) is 0.636. The van der Waals surface area contributed by atoms with Gasteiger partial charge < -0.3 is 10.0 Å². The molecule has 68 valence electrons. The molecule has 7 heteroatoms. The Hall–Kier alpha value is 1.09. The Labute approximate surface area is 95.2 Å². The van der Waals surface area contributed by atoms with Gasteiger partial charge in [-0.2, -0.15) is 54.0 Å². The summed E-state index contributed by atoms with van der Waals surface area (Å²) >= 11 is 4.30. The summed E-state index contributed by atoms with van der Waals surface area (Å²) in [6, 6.07) is 0. The van der Waals surface area contributed by atoms with Crippen molar-refractivity contribution < 1.29 is 5.11 Å². The SMILES string of the molecule is CN(C)C(O)=S.S.S.S.S. The second-order valence-electron chi connectivity index (χ2n) is 1.18. The van der Waals surface area contributed by atoms with E-state index in [0.29, 0.717) is 0 Å². The lowest BCUT2D eigenvalue weighted by molar-refractivity contribution is 0.442. The molecule has 2 nitrogen and oxygen atoms in total. The van der Waals surface area contributed by atoms with Crippen LogP contribution in [0.3, 0.4) is 0 Å². The van der Waals surface area contributed by atoms with Gasteiger partial charge in [-0.1, -0.05) is 0 Å². The molecule has 0 atom stereocenters. The smallest absolute Gasteiger partial charge is 0.256 e. The van der Waals surface area contributed by atoms with Crippen LogP contribution in [-0.4, -0.2) is 29.3 Å². The molecule has 0 aromatic carbocycles. The second-order valence-corrected chi connectivity index (χ2v) is 1.54. The van der Waals surface area contributed by atoms with Crippen LogP contribution in [0.25, 0.3) is 0 Å². The first-order valence-electron chi connectivity index (χ1n) is 1.55. The number of aliphatic hydroxyl groups excluding tert-OH is 1. The standard InChI is InChI=1S/C3H7NOS.4H2S/c1-4(2)3(5)6;;;;/h1-2H3,(H,5,6);4*1H2. The number of nitrogens with zero attached hydrogens (tertiary/aromatic N) is 1. The zero-order valence-corrected chi connectivity index (χ0v) is 10.6. The van der Waals surface area contributed by atoms with Crippen molar-refractivity contribution in [2.24, 2.45) is 0 Å². The van der Waals surface area contributed by atoms with Gasteiger partial charge in [-0.05, 0) is 12.2 Å². The maximum atomic E-state index is 8.29. The molecule has 0 aromatic heterocycles. The fourth-order valence-electron chi connectivity index (χ4n) is 0. The van der Waals surface area contributed by atoms with E-state index < -0.39 is 0 Å². The van der Waals surface area contributed by atoms with E-state index in [0.717, 1.165) is 0 Å². The molecule has 0 aliphatic carbocycles. The first-order valence-corrected chi connectivity index (χ1v) is 1.95. The number of aliphatic hydroxyl groups is 1. The Kier molecular flexibility index (Phi) is 50.5. The molecule has 0 aromatic rings. The van der Waals surface area contributed by atoms with Gasteiger partial charge in [-0.15, -0.1) is 0 Å². The minimum atomic E-state index is -0.0741. The van der Waals surface area contributed by atoms with Crippen molar-refractivity contribution in [2.75, 3.05) is 14.1 Å². The number of hydrogen-bond donors (Lipinski definition) is 1. The lowest BCUT2D eigenvalue weighted by atomic mass is 10.9. The highest BCUT2D eigenvalue weighted by atomic mass is 32.1. The van der Waals surface area contributed by atoms with E-state index in [2.05, 4.69) is 12.2 Å². The third kappa shape index (κ3) is 23.0. The zero-order chi connectivity index (χ0) is 5.15. The number of rotatable bonds is 0. The fourth-order valence-corrected chi connectivity index (χ4v) is 0. The first kappa shape index (κ1) is 30.4. The molecule has 10 heavy (non-hydrogen) atoms. The van der Waals surface area contributed by atoms with Gasteiger partial charge in [0, 0.05) is 14.1 Å². The Morgan fingerprint density at radius 3 is 1.20 bits per heavy atom. The predicted molar refractivity (Wildman–Crippen MR) is 70.4 cm³/mol. The second kappa shape index (κ2) is 16.6. The Bertz CT molecular complexity index is 67.9. The topological polar surface area (TPSA) is 23.5 Å². The van der Waals surface area contributed by atoms with Crippen molar-refractivity contribution >= 4 is 71.4 Å². The molecule has 0 saturated heterocycles. The minimum absolute atomic E-state index is 0. The molecule has 0 saturated carbocycles. The fraction of sp³-hybridized carbons (Fsp3) is 0.667. The molecule has 0 spiro atoms. The van der Waals surface area contributed by atoms with E-state index in [4.69, 9.17) is 5.11 Å². The highest BCUT2D eigenvalue weighted by Gasteiger charge is 1.86. The lowest BCUT2D eigenvalue weighted by Gasteiger charge is -2.03. The summed E-state index contributed by atoms with van der Waals surface area (Å²) in [5.74, 6) is 0. The largest absolute Gasteiger partial charge is 0.487 e. The number of thiocarbonyl (C=S) groups is 1. The van der Waals surface area contributed by atoms with Crippen molar-refractivity contribution in [3.63, 3.8) is 0 Å². The molecular weight excluding hydrogens is 226 g/mol. The normalized spacial score (nSPS) is 4.60. The van der Waals surface area contributed by atoms with Gasteiger partial charge in [-0.25, -0.2) is 0 Å². The molecule has 0 unspecified atom stereocenters. The highest BCUT2D eigenvalue weighted by Crippen LogP contribution is 1.71. The van der Waals surface area contributed by atoms with Crippen LogP contribution in [0, 0.1) is 0 Å². The van der Waals surface area contributed by atoms with Crippen LogP contribution in [0.2, 0.25) is 0 Å². The van der Waals surface area contributed by atoms with Gasteiger partial charge in [0.15, 0.2) is 0 Å². The summed E-state index contributed by atoms with van der Waals surface area (Å²) in [6.07, 6.45) is 0. The molecule has 0 radical (unpaired) electrons. The Morgan fingerprint density at radius 2 is 1.20 bits per heavy atom. The number of hydrogen-bond acceptors (Lipinski definition) is 1. The maximum Gasteiger partial charge on any atom is 0.256 e. The van der Waals surface area contributed by atoms with Crippen LogP contribution in [0.1, 0.15) is 0 Å². The van der Waals surface area contributed by atoms with Gasteiger partial charge in [0.25, 0.3) is 5.17 Å². The van der Waals surface area contributed by atoms with E-state index >= 15 is 0 Å². The summed E-state index contributed by atoms with van der Waals surface area (Å²) in [7, 11) is 3.37. The van der Waals surface area contributed by atoms with Gasteiger partial charge in [-0.3, -0.25) is 0 Å². The summed E-state index contributed by atoms with van der Waals surface area (Å²) in [6.45, 7) is 0. The monoisotopic (exact) mass is 241 g/mol. The molecule has 0 amide bonds. The third-order valence-electron chi connectivity index (χ3n) is 0.383. The van der Waals surface area contributed by atoms with E-state index in [9.17, 15) is 0 Å². The van der Waals surface area contributed by atoms with E-state index in [1.54, 1.807) is 14.1 Å². The van der Waals surface area contributed by atoms with Crippen LogP contribution >= 0.6 is 66.2 Å². The average molecular weight is 241 g/mol. The predicted octanol–water partition coefficient (Wildman–Crippen LogP) is 0.842. The summed E-state index contributed by atoms with van der Waals surface area (Å²) in [5, 5.41) is 8.21. The van der Waals surface area contributed by atoms with Crippen molar-refractivity contribution in [1.82, 2.24) is 4.90 Å². The third-order valence-corrected chi connectivity index (χ3v) is 0.748. The molecule has 1 N–H and O–H groups in total. The molecule has 0 fully saturated rings. The van der Waals surface area contributed by atoms with Crippen molar-refractivity contribution in [2.45, 2.75) is 0 Å². The Morgan fingerprint density at radius 1 is 1.10 bits per heavy atom. The van der Waals surface area contributed by atoms with Crippen LogP contribution in [0.15, 0.2) is 0 Å². The highest BCUT2D eigenvalue weighted by molar-refractivity contribution is 7.79. The molecule has 0 rings (SSSR count). The summed E-state index contributed by atoms with van der Waals surface area (Å²) < 4.78 is 0. The van der Waals surface area contributed by atoms with Gasteiger partial charge in [0.05, 0.1) is 0 Å².